The molecule has 1 aromatic rings. The smallest absolute Gasteiger partial charge is 0.123 e. The van der Waals surface area contributed by atoms with Crippen molar-refractivity contribution in [3.05, 3.63) is 35.6 Å². The molecule has 1 saturated heterocycles. The van der Waals surface area contributed by atoms with Crippen LogP contribution in [0, 0.1) is 11.7 Å². The Morgan fingerprint density at radius 1 is 1.19 bits per heavy atom. The molecule has 0 unspecified atom stereocenters. The maximum atomic E-state index is 12.7. The van der Waals surface area contributed by atoms with Crippen LogP contribution in [-0.2, 0) is 4.74 Å². The third kappa shape index (κ3) is 3.17. The fourth-order valence-electron chi connectivity index (χ4n) is 2.03. The average Bonchev–Trinajstić information content (AvgIpc) is 2.30. The van der Waals surface area contributed by atoms with Crippen LogP contribution in [0.1, 0.15) is 24.4 Å². The van der Waals surface area contributed by atoms with Crippen molar-refractivity contribution >= 4 is 12.4 Å². The molecule has 0 amide bonds. The second-order valence-electron chi connectivity index (χ2n) is 4.03. The number of hydrogen-bond acceptors (Lipinski definition) is 2. The maximum absolute atomic E-state index is 12.7. The molecule has 0 spiro atoms. The van der Waals surface area contributed by atoms with Crippen molar-refractivity contribution in [2.24, 2.45) is 11.7 Å². The van der Waals surface area contributed by atoms with E-state index in [0.29, 0.717) is 5.92 Å². The van der Waals surface area contributed by atoms with Gasteiger partial charge in [0.25, 0.3) is 0 Å². The molecule has 2 nitrogen and oxygen atoms in total. The van der Waals surface area contributed by atoms with E-state index in [0.717, 1.165) is 31.6 Å². The SMILES string of the molecule is Cl.N[C@H](c1ccc(F)cc1)C1CCOCC1. The Kier molecular flexibility index (Phi) is 5.19. The number of hydrogen-bond donors (Lipinski definition) is 1. The van der Waals surface area contributed by atoms with E-state index >= 15 is 0 Å². The minimum absolute atomic E-state index is 0. The van der Waals surface area contributed by atoms with Gasteiger partial charge < -0.3 is 10.5 Å². The molecule has 0 aliphatic carbocycles. The molecule has 1 heterocycles. The van der Waals surface area contributed by atoms with Gasteiger partial charge in [0, 0.05) is 19.3 Å². The molecule has 90 valence electrons. The minimum Gasteiger partial charge on any atom is -0.381 e. The summed E-state index contributed by atoms with van der Waals surface area (Å²) < 4.78 is 18.0. The molecule has 1 fully saturated rings. The summed E-state index contributed by atoms with van der Waals surface area (Å²) in [7, 11) is 0. The van der Waals surface area contributed by atoms with Gasteiger partial charge in [0.2, 0.25) is 0 Å². The van der Waals surface area contributed by atoms with Crippen LogP contribution in [0.4, 0.5) is 4.39 Å². The first-order valence-electron chi connectivity index (χ1n) is 5.36. The highest BCUT2D eigenvalue weighted by atomic mass is 35.5. The lowest BCUT2D eigenvalue weighted by atomic mass is 9.88. The highest BCUT2D eigenvalue weighted by Crippen LogP contribution is 2.27. The molecule has 2 N–H and O–H groups in total. The molecule has 4 heteroatoms. The van der Waals surface area contributed by atoms with E-state index in [4.69, 9.17) is 10.5 Å². The Morgan fingerprint density at radius 2 is 1.75 bits per heavy atom. The fourth-order valence-corrected chi connectivity index (χ4v) is 2.03. The molecule has 0 radical (unpaired) electrons. The summed E-state index contributed by atoms with van der Waals surface area (Å²) in [6, 6.07) is 6.49. The minimum atomic E-state index is -0.210. The lowest BCUT2D eigenvalue weighted by Crippen LogP contribution is -2.27. The largest absolute Gasteiger partial charge is 0.381 e. The van der Waals surface area contributed by atoms with Gasteiger partial charge in [0.1, 0.15) is 5.82 Å². The van der Waals surface area contributed by atoms with Crippen molar-refractivity contribution < 1.29 is 9.13 Å². The van der Waals surface area contributed by atoms with Crippen LogP contribution in [0.2, 0.25) is 0 Å². The molecule has 0 saturated carbocycles. The Balaban J connectivity index is 0.00000128. The summed E-state index contributed by atoms with van der Waals surface area (Å²) >= 11 is 0. The van der Waals surface area contributed by atoms with Gasteiger partial charge in [-0.05, 0) is 36.5 Å². The summed E-state index contributed by atoms with van der Waals surface area (Å²) in [5, 5.41) is 0. The van der Waals surface area contributed by atoms with Crippen LogP contribution in [-0.4, -0.2) is 13.2 Å². The van der Waals surface area contributed by atoms with Gasteiger partial charge in [0.05, 0.1) is 0 Å². The molecule has 2 rings (SSSR count). The lowest BCUT2D eigenvalue weighted by molar-refractivity contribution is 0.0584. The van der Waals surface area contributed by atoms with Crippen molar-refractivity contribution in [1.29, 1.82) is 0 Å². The lowest BCUT2D eigenvalue weighted by Gasteiger charge is -2.27. The fraction of sp³-hybridized carbons (Fsp3) is 0.500. The molecule has 0 aromatic heterocycles. The van der Waals surface area contributed by atoms with Gasteiger partial charge >= 0.3 is 0 Å². The maximum Gasteiger partial charge on any atom is 0.123 e. The van der Waals surface area contributed by atoms with Crippen LogP contribution in [0.15, 0.2) is 24.3 Å². The summed E-state index contributed by atoms with van der Waals surface area (Å²) in [6.45, 7) is 1.58. The van der Waals surface area contributed by atoms with Crippen LogP contribution >= 0.6 is 12.4 Å². The molecule has 0 bridgehead atoms. The molecule has 1 aliphatic heterocycles. The molecule has 16 heavy (non-hydrogen) atoms. The molecule has 1 aliphatic rings. The van der Waals surface area contributed by atoms with Gasteiger partial charge in [-0.15, -0.1) is 12.4 Å². The standard InChI is InChI=1S/C12H16FNO.ClH/c13-11-3-1-9(2-4-11)12(14)10-5-7-15-8-6-10;/h1-4,10,12H,5-8,14H2;1H/t12-;/m1./s1. The van der Waals surface area contributed by atoms with Crippen LogP contribution in [0.25, 0.3) is 0 Å². The van der Waals surface area contributed by atoms with E-state index in [1.165, 1.54) is 12.1 Å². The third-order valence-corrected chi connectivity index (χ3v) is 3.03. The van der Waals surface area contributed by atoms with E-state index < -0.39 is 0 Å². The van der Waals surface area contributed by atoms with Crippen molar-refractivity contribution in [2.75, 3.05) is 13.2 Å². The van der Waals surface area contributed by atoms with Crippen molar-refractivity contribution in [3.8, 4) is 0 Å². The van der Waals surface area contributed by atoms with E-state index in [1.807, 2.05) is 0 Å². The number of ether oxygens (including phenoxy) is 1. The number of benzene rings is 1. The van der Waals surface area contributed by atoms with E-state index in [1.54, 1.807) is 12.1 Å². The summed E-state index contributed by atoms with van der Waals surface area (Å²) in [5.41, 5.74) is 7.16. The Morgan fingerprint density at radius 3 is 2.31 bits per heavy atom. The van der Waals surface area contributed by atoms with E-state index in [9.17, 15) is 4.39 Å². The second kappa shape index (κ2) is 6.18. The predicted molar refractivity (Wildman–Crippen MR) is 64.1 cm³/mol. The highest BCUT2D eigenvalue weighted by molar-refractivity contribution is 5.85. The Bertz CT molecular complexity index is 311. The first-order valence-corrected chi connectivity index (χ1v) is 5.36. The quantitative estimate of drug-likeness (QED) is 0.870. The van der Waals surface area contributed by atoms with Crippen molar-refractivity contribution in [3.63, 3.8) is 0 Å². The number of rotatable bonds is 2. The van der Waals surface area contributed by atoms with Gasteiger partial charge in [-0.3, -0.25) is 0 Å². The third-order valence-electron chi connectivity index (χ3n) is 3.03. The monoisotopic (exact) mass is 245 g/mol. The average molecular weight is 246 g/mol. The molecule has 1 aromatic carbocycles. The van der Waals surface area contributed by atoms with E-state index in [-0.39, 0.29) is 24.3 Å². The summed E-state index contributed by atoms with van der Waals surface area (Å²) in [4.78, 5) is 0. The summed E-state index contributed by atoms with van der Waals surface area (Å²) in [6.07, 6.45) is 2.00. The van der Waals surface area contributed by atoms with Crippen LogP contribution in [0.3, 0.4) is 0 Å². The van der Waals surface area contributed by atoms with Crippen molar-refractivity contribution in [2.45, 2.75) is 18.9 Å². The van der Waals surface area contributed by atoms with E-state index in [2.05, 4.69) is 0 Å². The van der Waals surface area contributed by atoms with Gasteiger partial charge in [-0.1, -0.05) is 12.1 Å². The van der Waals surface area contributed by atoms with Gasteiger partial charge in [0.15, 0.2) is 0 Å². The molecule has 1 atom stereocenters. The number of halogens is 2. The zero-order chi connectivity index (χ0) is 10.7. The Hall–Kier alpha value is -0.640. The van der Waals surface area contributed by atoms with Gasteiger partial charge in [-0.25, -0.2) is 4.39 Å². The predicted octanol–water partition coefficient (Wildman–Crippen LogP) is 2.67. The zero-order valence-corrected chi connectivity index (χ0v) is 9.88. The highest BCUT2D eigenvalue weighted by Gasteiger charge is 2.21. The molecular weight excluding hydrogens is 229 g/mol. The first kappa shape index (κ1) is 13.4. The Labute approximate surface area is 101 Å². The van der Waals surface area contributed by atoms with Crippen LogP contribution in [0.5, 0.6) is 0 Å². The van der Waals surface area contributed by atoms with Crippen molar-refractivity contribution in [1.82, 2.24) is 0 Å². The molecular formula is C12H17ClFNO. The summed E-state index contributed by atoms with van der Waals surface area (Å²) in [5.74, 6) is 0.252. The van der Waals surface area contributed by atoms with Gasteiger partial charge in [-0.2, -0.15) is 0 Å². The second-order valence-corrected chi connectivity index (χ2v) is 4.03. The van der Waals surface area contributed by atoms with Crippen LogP contribution < -0.4 is 5.73 Å². The zero-order valence-electron chi connectivity index (χ0n) is 9.06. The topological polar surface area (TPSA) is 35.2 Å². The number of nitrogens with two attached hydrogens (primary N) is 1. The normalized spacial score (nSPS) is 18.9. The first-order chi connectivity index (χ1) is 7.27.